The van der Waals surface area contributed by atoms with Crippen LogP contribution in [-0.4, -0.2) is 55.1 Å². The van der Waals surface area contributed by atoms with Gasteiger partial charge in [0.2, 0.25) is 5.91 Å². The van der Waals surface area contributed by atoms with Gasteiger partial charge in [-0.3, -0.25) is 4.79 Å². The summed E-state index contributed by atoms with van der Waals surface area (Å²) >= 11 is 0. The van der Waals surface area contributed by atoms with Crippen LogP contribution in [0.3, 0.4) is 0 Å². The molecule has 3 fully saturated rings. The van der Waals surface area contributed by atoms with Crippen molar-refractivity contribution in [3.63, 3.8) is 0 Å². The van der Waals surface area contributed by atoms with Crippen molar-refractivity contribution in [3.05, 3.63) is 0 Å². The molecule has 6 heteroatoms. The van der Waals surface area contributed by atoms with Crippen LogP contribution in [0.2, 0.25) is 0 Å². The van der Waals surface area contributed by atoms with Gasteiger partial charge in [-0.15, -0.1) is 0 Å². The van der Waals surface area contributed by atoms with Gasteiger partial charge in [0.05, 0.1) is 6.54 Å². The third-order valence-electron chi connectivity index (χ3n) is 5.53. The molecule has 136 valence electrons. The molecule has 0 atom stereocenters. The Kier molecular flexibility index (Phi) is 6.35. The summed E-state index contributed by atoms with van der Waals surface area (Å²) in [7, 11) is 0. The minimum Gasteiger partial charge on any atom is -0.341 e. The van der Waals surface area contributed by atoms with Crippen molar-refractivity contribution < 1.29 is 9.59 Å². The van der Waals surface area contributed by atoms with Gasteiger partial charge in [-0.05, 0) is 51.0 Å². The molecule has 0 aromatic heterocycles. The van der Waals surface area contributed by atoms with Crippen LogP contribution in [0.15, 0.2) is 0 Å². The average Bonchev–Trinajstić information content (AvgIpc) is 3.40. The largest absolute Gasteiger partial charge is 0.341 e. The first-order chi connectivity index (χ1) is 11.7. The first kappa shape index (κ1) is 17.5. The Labute approximate surface area is 145 Å². The summed E-state index contributed by atoms with van der Waals surface area (Å²) in [6, 6.07) is 0.507. The number of hydrogen-bond donors (Lipinski definition) is 3. The van der Waals surface area contributed by atoms with Crippen LogP contribution in [0, 0.1) is 5.92 Å². The summed E-state index contributed by atoms with van der Waals surface area (Å²) in [6.45, 7) is 2.93. The molecule has 24 heavy (non-hydrogen) atoms. The molecule has 0 spiro atoms. The number of hydrogen-bond acceptors (Lipinski definition) is 3. The van der Waals surface area contributed by atoms with Crippen LogP contribution < -0.4 is 16.0 Å². The highest BCUT2D eigenvalue weighted by Gasteiger charge is 2.25. The quantitative estimate of drug-likeness (QED) is 0.690. The Morgan fingerprint density at radius 1 is 0.833 bits per heavy atom. The standard InChI is InChI=1S/C18H32N4O2/c23-17(13-19-12-14-6-7-14)22-10-8-16(9-11-22)21-18(24)20-15-4-2-1-3-5-15/h14-16,19H,1-13H2,(H2,20,21,24). The van der Waals surface area contributed by atoms with Crippen molar-refractivity contribution in [1.29, 1.82) is 0 Å². The van der Waals surface area contributed by atoms with Crippen LogP contribution in [0.4, 0.5) is 4.79 Å². The highest BCUT2D eigenvalue weighted by atomic mass is 16.2. The van der Waals surface area contributed by atoms with E-state index in [0.29, 0.717) is 12.6 Å². The fourth-order valence-corrected chi connectivity index (χ4v) is 3.75. The predicted molar refractivity (Wildman–Crippen MR) is 93.7 cm³/mol. The fraction of sp³-hybridized carbons (Fsp3) is 0.889. The maximum atomic E-state index is 12.2. The third kappa shape index (κ3) is 5.65. The topological polar surface area (TPSA) is 73.5 Å². The van der Waals surface area contributed by atoms with Crippen LogP contribution in [-0.2, 0) is 4.79 Å². The molecular weight excluding hydrogens is 304 g/mol. The molecule has 0 bridgehead atoms. The van der Waals surface area contributed by atoms with E-state index in [2.05, 4.69) is 16.0 Å². The number of urea groups is 1. The van der Waals surface area contributed by atoms with E-state index in [-0.39, 0.29) is 18.0 Å². The SMILES string of the molecule is O=C(NC1CCCCC1)NC1CCN(C(=O)CNCC2CC2)CC1. The molecule has 3 aliphatic rings. The van der Waals surface area contributed by atoms with Crippen LogP contribution >= 0.6 is 0 Å². The van der Waals surface area contributed by atoms with E-state index in [1.54, 1.807) is 0 Å². The number of nitrogens with one attached hydrogen (secondary N) is 3. The van der Waals surface area contributed by atoms with Crippen LogP contribution in [0.1, 0.15) is 57.8 Å². The maximum Gasteiger partial charge on any atom is 0.315 e. The van der Waals surface area contributed by atoms with E-state index in [1.165, 1.54) is 32.1 Å². The maximum absolute atomic E-state index is 12.2. The van der Waals surface area contributed by atoms with Gasteiger partial charge < -0.3 is 20.9 Å². The molecule has 0 unspecified atom stereocenters. The normalized spacial score (nSPS) is 23.1. The van der Waals surface area contributed by atoms with Crippen LogP contribution in [0.5, 0.6) is 0 Å². The van der Waals surface area contributed by atoms with Crippen molar-refractivity contribution in [1.82, 2.24) is 20.9 Å². The van der Waals surface area contributed by atoms with Crippen molar-refractivity contribution >= 4 is 11.9 Å². The zero-order valence-corrected chi connectivity index (χ0v) is 14.7. The van der Waals surface area contributed by atoms with Crippen molar-refractivity contribution in [3.8, 4) is 0 Å². The number of rotatable bonds is 6. The summed E-state index contributed by atoms with van der Waals surface area (Å²) in [6.07, 6.45) is 10.3. The molecule has 1 heterocycles. The fourth-order valence-electron chi connectivity index (χ4n) is 3.75. The van der Waals surface area contributed by atoms with Gasteiger partial charge in [-0.2, -0.15) is 0 Å². The molecular formula is C18H32N4O2. The van der Waals surface area contributed by atoms with Crippen molar-refractivity contribution in [2.24, 2.45) is 5.92 Å². The monoisotopic (exact) mass is 336 g/mol. The van der Waals surface area contributed by atoms with Gasteiger partial charge in [0.1, 0.15) is 0 Å². The molecule has 0 radical (unpaired) electrons. The number of amides is 3. The van der Waals surface area contributed by atoms with Crippen LogP contribution in [0.25, 0.3) is 0 Å². The summed E-state index contributed by atoms with van der Waals surface area (Å²) in [5.41, 5.74) is 0. The van der Waals surface area contributed by atoms with Gasteiger partial charge in [-0.25, -0.2) is 4.79 Å². The highest BCUT2D eigenvalue weighted by molar-refractivity contribution is 5.78. The molecule has 6 nitrogen and oxygen atoms in total. The second kappa shape index (κ2) is 8.70. The van der Waals surface area contributed by atoms with Gasteiger partial charge in [-0.1, -0.05) is 19.3 Å². The molecule has 2 saturated carbocycles. The molecule has 1 aliphatic heterocycles. The Bertz CT molecular complexity index is 425. The number of carbonyl (C=O) groups is 2. The molecule has 3 amide bonds. The lowest BCUT2D eigenvalue weighted by Crippen LogP contribution is -2.52. The van der Waals surface area contributed by atoms with E-state index >= 15 is 0 Å². The molecule has 0 aromatic rings. The summed E-state index contributed by atoms with van der Waals surface area (Å²) in [5, 5.41) is 9.45. The second-order valence-electron chi connectivity index (χ2n) is 7.68. The Hall–Kier alpha value is -1.30. The van der Waals surface area contributed by atoms with Gasteiger partial charge >= 0.3 is 6.03 Å². The summed E-state index contributed by atoms with van der Waals surface area (Å²) < 4.78 is 0. The van der Waals surface area contributed by atoms with Crippen molar-refractivity contribution in [2.75, 3.05) is 26.2 Å². The highest BCUT2D eigenvalue weighted by Crippen LogP contribution is 2.27. The molecule has 3 rings (SSSR count). The summed E-state index contributed by atoms with van der Waals surface area (Å²) in [4.78, 5) is 26.2. The molecule has 3 N–H and O–H groups in total. The number of nitrogens with zero attached hydrogens (tertiary/aromatic N) is 1. The van der Waals surface area contributed by atoms with Gasteiger partial charge in [0.15, 0.2) is 0 Å². The van der Waals surface area contributed by atoms with E-state index in [0.717, 1.165) is 51.2 Å². The lowest BCUT2D eigenvalue weighted by molar-refractivity contribution is -0.131. The second-order valence-corrected chi connectivity index (χ2v) is 7.68. The lowest BCUT2D eigenvalue weighted by atomic mass is 9.96. The van der Waals surface area contributed by atoms with Gasteiger partial charge in [0.25, 0.3) is 0 Å². The lowest BCUT2D eigenvalue weighted by Gasteiger charge is -2.33. The smallest absolute Gasteiger partial charge is 0.315 e. The Balaban J connectivity index is 1.29. The Morgan fingerprint density at radius 3 is 2.08 bits per heavy atom. The zero-order valence-electron chi connectivity index (χ0n) is 14.7. The first-order valence-corrected chi connectivity index (χ1v) is 9.76. The van der Waals surface area contributed by atoms with E-state index in [1.807, 2.05) is 4.90 Å². The Morgan fingerprint density at radius 2 is 1.46 bits per heavy atom. The first-order valence-electron chi connectivity index (χ1n) is 9.76. The number of piperidine rings is 1. The predicted octanol–water partition coefficient (Wildman–Crippen LogP) is 1.61. The zero-order chi connectivity index (χ0) is 16.8. The third-order valence-corrected chi connectivity index (χ3v) is 5.53. The van der Waals surface area contributed by atoms with E-state index in [9.17, 15) is 9.59 Å². The minimum absolute atomic E-state index is 0.0298. The van der Waals surface area contributed by atoms with Crippen molar-refractivity contribution in [2.45, 2.75) is 69.9 Å². The molecule has 1 saturated heterocycles. The molecule has 2 aliphatic carbocycles. The summed E-state index contributed by atoms with van der Waals surface area (Å²) in [5.74, 6) is 0.996. The average molecular weight is 336 g/mol. The number of likely N-dealkylation sites (tertiary alicyclic amines) is 1. The van der Waals surface area contributed by atoms with E-state index in [4.69, 9.17) is 0 Å². The molecule has 0 aromatic carbocycles. The van der Waals surface area contributed by atoms with E-state index < -0.39 is 0 Å². The number of carbonyl (C=O) groups excluding carboxylic acids is 2. The van der Waals surface area contributed by atoms with Gasteiger partial charge in [0, 0.05) is 25.2 Å². The minimum atomic E-state index is -0.0298.